The van der Waals surface area contributed by atoms with Crippen LogP contribution in [-0.2, 0) is 17.6 Å². The summed E-state index contributed by atoms with van der Waals surface area (Å²) in [6.07, 6.45) is 1.06. The number of carbonyl (C=O) groups is 2. The fourth-order valence-electron chi connectivity index (χ4n) is 2.74. The van der Waals surface area contributed by atoms with Gasteiger partial charge in [-0.2, -0.15) is 0 Å². The molecular formula is C12H12BrN3O2. The van der Waals surface area contributed by atoms with E-state index < -0.39 is 5.54 Å². The third kappa shape index (κ3) is 1.32. The number of nitrogens with zero attached hydrogens (tertiary/aromatic N) is 1. The van der Waals surface area contributed by atoms with Crippen LogP contribution in [-0.4, -0.2) is 29.4 Å². The fourth-order valence-corrected chi connectivity index (χ4v) is 3.13. The van der Waals surface area contributed by atoms with E-state index in [1.165, 1.54) is 4.90 Å². The van der Waals surface area contributed by atoms with Gasteiger partial charge >= 0.3 is 6.03 Å². The number of hydrogen-bond acceptors (Lipinski definition) is 3. The molecule has 5 nitrogen and oxygen atoms in total. The highest BCUT2D eigenvalue weighted by molar-refractivity contribution is 9.10. The maximum atomic E-state index is 12.0. The van der Waals surface area contributed by atoms with Gasteiger partial charge in [0.2, 0.25) is 0 Å². The molecule has 1 spiro atoms. The number of nitrogens with two attached hydrogens (primary N) is 1. The van der Waals surface area contributed by atoms with E-state index in [2.05, 4.69) is 21.2 Å². The molecular weight excluding hydrogens is 298 g/mol. The van der Waals surface area contributed by atoms with E-state index in [9.17, 15) is 9.59 Å². The van der Waals surface area contributed by atoms with Gasteiger partial charge in [-0.25, -0.2) is 4.79 Å². The first-order valence-corrected chi connectivity index (χ1v) is 6.39. The van der Waals surface area contributed by atoms with E-state index in [-0.39, 0.29) is 11.9 Å². The van der Waals surface area contributed by atoms with Gasteiger partial charge in [-0.3, -0.25) is 10.1 Å². The smallest absolute Gasteiger partial charge is 0.324 e. The molecule has 1 aliphatic carbocycles. The van der Waals surface area contributed by atoms with Crippen LogP contribution in [0.1, 0.15) is 11.1 Å². The second-order valence-electron chi connectivity index (χ2n) is 4.85. The number of amides is 3. The van der Waals surface area contributed by atoms with Gasteiger partial charge in [0.25, 0.3) is 5.91 Å². The summed E-state index contributed by atoms with van der Waals surface area (Å²) < 4.78 is 0.825. The lowest BCUT2D eigenvalue weighted by Crippen LogP contribution is -2.48. The summed E-state index contributed by atoms with van der Waals surface area (Å²) in [6.45, 7) is 0. The number of hydrogen-bond donors (Lipinski definition) is 2. The Balaban J connectivity index is 2.07. The van der Waals surface area contributed by atoms with Gasteiger partial charge in [0.05, 0.1) is 0 Å². The van der Waals surface area contributed by atoms with Gasteiger partial charge in [-0.1, -0.05) is 0 Å². The zero-order valence-corrected chi connectivity index (χ0v) is 11.4. The minimum absolute atomic E-state index is 0.221. The molecule has 0 radical (unpaired) electrons. The number of fused-ring (bicyclic) bond motifs is 1. The highest BCUT2D eigenvalue weighted by atomic mass is 79.9. The number of likely N-dealkylation sites (N-methyl/N-ethyl adjacent to an activating group) is 1. The molecule has 1 heterocycles. The Morgan fingerprint density at radius 1 is 1.33 bits per heavy atom. The Hall–Kier alpha value is -1.56. The van der Waals surface area contributed by atoms with Crippen molar-refractivity contribution >= 4 is 33.6 Å². The third-order valence-corrected chi connectivity index (χ3v) is 4.56. The highest BCUT2D eigenvalue weighted by Crippen LogP contribution is 2.39. The van der Waals surface area contributed by atoms with Crippen molar-refractivity contribution in [3.63, 3.8) is 0 Å². The molecule has 0 aromatic heterocycles. The average Bonchev–Trinajstić information content (AvgIpc) is 2.76. The molecule has 94 valence electrons. The van der Waals surface area contributed by atoms with E-state index in [1.54, 1.807) is 7.05 Å². The van der Waals surface area contributed by atoms with Crippen molar-refractivity contribution in [2.24, 2.45) is 0 Å². The van der Waals surface area contributed by atoms with Gasteiger partial charge in [0.1, 0.15) is 5.54 Å². The van der Waals surface area contributed by atoms with Gasteiger partial charge in [-0.15, -0.1) is 0 Å². The molecule has 1 aliphatic heterocycles. The molecule has 1 saturated heterocycles. The SMILES string of the molecule is CN1C(=O)NC(=O)[C@@]12Cc1cc(N)c(Br)cc1C2. The molecule has 18 heavy (non-hydrogen) atoms. The first kappa shape index (κ1) is 11.5. The topological polar surface area (TPSA) is 75.4 Å². The second kappa shape index (κ2) is 3.47. The Bertz CT molecular complexity index is 554. The van der Waals surface area contributed by atoms with Gasteiger partial charge < -0.3 is 10.6 Å². The number of imide groups is 1. The van der Waals surface area contributed by atoms with Crippen LogP contribution in [0.25, 0.3) is 0 Å². The minimum atomic E-state index is -0.771. The molecule has 1 atom stereocenters. The van der Waals surface area contributed by atoms with Crippen LogP contribution in [0.2, 0.25) is 0 Å². The molecule has 0 saturated carbocycles. The van der Waals surface area contributed by atoms with E-state index >= 15 is 0 Å². The van der Waals surface area contributed by atoms with Crippen LogP contribution in [0.5, 0.6) is 0 Å². The van der Waals surface area contributed by atoms with Crippen LogP contribution in [0.3, 0.4) is 0 Å². The normalized spacial score (nSPS) is 25.8. The van der Waals surface area contributed by atoms with E-state index in [4.69, 9.17) is 5.73 Å². The summed E-state index contributed by atoms with van der Waals surface area (Å²) in [6, 6.07) is 3.47. The molecule has 3 N–H and O–H groups in total. The number of rotatable bonds is 0. The van der Waals surface area contributed by atoms with Gasteiger partial charge in [0.15, 0.2) is 0 Å². The molecule has 0 unspecified atom stereocenters. The zero-order valence-electron chi connectivity index (χ0n) is 9.79. The Morgan fingerprint density at radius 3 is 2.50 bits per heavy atom. The summed E-state index contributed by atoms with van der Waals surface area (Å²) >= 11 is 3.38. The number of nitrogen functional groups attached to an aromatic ring is 1. The third-order valence-electron chi connectivity index (χ3n) is 3.87. The number of nitrogens with one attached hydrogen (secondary N) is 1. The quantitative estimate of drug-likeness (QED) is 0.555. The van der Waals surface area contributed by atoms with Crippen molar-refractivity contribution in [1.29, 1.82) is 0 Å². The van der Waals surface area contributed by atoms with Crippen LogP contribution in [0, 0.1) is 0 Å². The number of halogens is 1. The number of anilines is 1. The summed E-state index contributed by atoms with van der Waals surface area (Å²) in [5.41, 5.74) is 7.83. The molecule has 2 aliphatic rings. The first-order valence-electron chi connectivity index (χ1n) is 5.60. The molecule has 0 bridgehead atoms. The van der Waals surface area contributed by atoms with E-state index in [0.717, 1.165) is 15.6 Å². The molecule has 3 amide bonds. The number of urea groups is 1. The Morgan fingerprint density at radius 2 is 1.94 bits per heavy atom. The predicted octanol–water partition coefficient (Wildman–Crippen LogP) is 1.05. The molecule has 3 rings (SSSR count). The van der Waals surface area contributed by atoms with Gasteiger partial charge in [0, 0.05) is 30.0 Å². The molecule has 6 heteroatoms. The maximum absolute atomic E-state index is 12.0. The van der Waals surface area contributed by atoms with Crippen molar-refractivity contribution in [1.82, 2.24) is 10.2 Å². The Labute approximate surface area is 112 Å². The van der Waals surface area contributed by atoms with Crippen molar-refractivity contribution in [2.75, 3.05) is 12.8 Å². The average molecular weight is 310 g/mol. The lowest BCUT2D eigenvalue weighted by atomic mass is 9.95. The monoisotopic (exact) mass is 309 g/mol. The van der Waals surface area contributed by atoms with Crippen molar-refractivity contribution in [3.05, 3.63) is 27.7 Å². The Kier molecular flexibility index (Phi) is 2.22. The van der Waals surface area contributed by atoms with E-state index in [0.29, 0.717) is 18.5 Å². The van der Waals surface area contributed by atoms with Crippen LogP contribution < -0.4 is 11.1 Å². The molecule has 1 aromatic carbocycles. The standard InChI is InChI=1S/C12H12BrN3O2/c1-16-11(18)15-10(17)12(16)4-6-2-8(13)9(14)3-7(6)5-12/h2-3H,4-5,14H2,1H3,(H,15,17,18)/t12-/m1/s1. The van der Waals surface area contributed by atoms with E-state index in [1.807, 2.05) is 12.1 Å². The van der Waals surface area contributed by atoms with Crippen LogP contribution >= 0.6 is 15.9 Å². The summed E-state index contributed by atoms with van der Waals surface area (Å²) in [5.74, 6) is -0.221. The van der Waals surface area contributed by atoms with Crippen molar-refractivity contribution in [2.45, 2.75) is 18.4 Å². The fraction of sp³-hybridized carbons (Fsp3) is 0.333. The number of carbonyl (C=O) groups excluding carboxylic acids is 2. The molecule has 1 aromatic rings. The lowest BCUT2D eigenvalue weighted by Gasteiger charge is -2.27. The van der Waals surface area contributed by atoms with Crippen molar-refractivity contribution < 1.29 is 9.59 Å². The first-order chi connectivity index (χ1) is 8.44. The second-order valence-corrected chi connectivity index (χ2v) is 5.70. The largest absolute Gasteiger partial charge is 0.398 e. The lowest BCUT2D eigenvalue weighted by molar-refractivity contribution is -0.125. The highest BCUT2D eigenvalue weighted by Gasteiger charge is 2.54. The zero-order chi connectivity index (χ0) is 13.1. The minimum Gasteiger partial charge on any atom is -0.398 e. The summed E-state index contributed by atoms with van der Waals surface area (Å²) in [7, 11) is 1.66. The molecule has 1 fully saturated rings. The van der Waals surface area contributed by atoms with Crippen LogP contribution in [0.15, 0.2) is 16.6 Å². The number of benzene rings is 1. The van der Waals surface area contributed by atoms with Gasteiger partial charge in [-0.05, 0) is 39.2 Å². The maximum Gasteiger partial charge on any atom is 0.324 e. The summed E-state index contributed by atoms with van der Waals surface area (Å²) in [5, 5.41) is 2.37. The predicted molar refractivity (Wildman–Crippen MR) is 70.0 cm³/mol. The summed E-state index contributed by atoms with van der Waals surface area (Å²) in [4.78, 5) is 25.1. The van der Waals surface area contributed by atoms with Crippen LogP contribution in [0.4, 0.5) is 10.5 Å². The van der Waals surface area contributed by atoms with Crippen molar-refractivity contribution in [3.8, 4) is 0 Å².